The van der Waals surface area contributed by atoms with E-state index >= 15 is 0 Å². The van der Waals surface area contributed by atoms with Crippen LogP contribution in [0, 0.1) is 0 Å². The molecule has 0 fully saturated rings. The Kier molecular flexibility index (Phi) is 6.83. The van der Waals surface area contributed by atoms with E-state index < -0.39 is 0 Å². The Balaban J connectivity index is 2.54. The van der Waals surface area contributed by atoms with E-state index in [-0.39, 0.29) is 12.5 Å². The number of likely N-dealkylation sites (N-methyl/N-ethyl adjacent to an activating group) is 1. The number of carbonyl (C=O) groups excluding carboxylic acids is 1. The molecule has 1 aromatic rings. The molecule has 0 bridgehead atoms. The summed E-state index contributed by atoms with van der Waals surface area (Å²) in [5, 5.41) is 11.7. The third-order valence-electron chi connectivity index (χ3n) is 3.02. The first kappa shape index (κ1) is 16.3. The zero-order valence-electron chi connectivity index (χ0n) is 12.1. The third-order valence-corrected chi connectivity index (χ3v) is 3.02. The number of methoxy groups -OCH3 is 1. The maximum atomic E-state index is 11.9. The number of ether oxygens (including phenoxy) is 1. The number of amides is 1. The van der Waals surface area contributed by atoms with Gasteiger partial charge in [-0.15, -0.1) is 0 Å². The van der Waals surface area contributed by atoms with Crippen LogP contribution < -0.4 is 15.8 Å². The van der Waals surface area contributed by atoms with Crippen LogP contribution in [-0.4, -0.2) is 49.3 Å². The van der Waals surface area contributed by atoms with Gasteiger partial charge in [-0.05, 0) is 18.7 Å². The molecule has 112 valence electrons. The first-order chi connectivity index (χ1) is 9.60. The summed E-state index contributed by atoms with van der Waals surface area (Å²) in [6.45, 7) is 4.09. The molecule has 0 aliphatic heterocycles. The molecule has 6 nitrogen and oxygen atoms in total. The van der Waals surface area contributed by atoms with Crippen molar-refractivity contribution in [1.82, 2.24) is 4.90 Å². The molecule has 0 heterocycles. The molecular weight excluding hydrogens is 258 g/mol. The molecule has 0 aromatic heterocycles. The van der Waals surface area contributed by atoms with Crippen LogP contribution in [0.1, 0.15) is 13.3 Å². The molecule has 0 aliphatic rings. The predicted molar refractivity (Wildman–Crippen MR) is 79.9 cm³/mol. The molecule has 0 unspecified atom stereocenters. The van der Waals surface area contributed by atoms with Crippen LogP contribution in [-0.2, 0) is 4.79 Å². The molecule has 0 saturated heterocycles. The van der Waals surface area contributed by atoms with Crippen molar-refractivity contribution >= 4 is 17.3 Å². The van der Waals surface area contributed by atoms with Gasteiger partial charge in [0.1, 0.15) is 5.75 Å². The summed E-state index contributed by atoms with van der Waals surface area (Å²) in [5.41, 5.74) is 6.85. The van der Waals surface area contributed by atoms with E-state index in [1.54, 1.807) is 18.2 Å². The second-order valence-electron chi connectivity index (χ2n) is 4.42. The van der Waals surface area contributed by atoms with E-state index in [1.165, 1.54) is 7.11 Å². The summed E-state index contributed by atoms with van der Waals surface area (Å²) in [7, 11) is 1.53. The maximum absolute atomic E-state index is 11.9. The maximum Gasteiger partial charge on any atom is 0.225 e. The van der Waals surface area contributed by atoms with Crippen molar-refractivity contribution in [2.45, 2.75) is 13.3 Å². The summed E-state index contributed by atoms with van der Waals surface area (Å²) in [5.74, 6) is 0.450. The van der Waals surface area contributed by atoms with Gasteiger partial charge in [0.15, 0.2) is 0 Å². The van der Waals surface area contributed by atoms with Gasteiger partial charge in [-0.25, -0.2) is 0 Å². The molecule has 20 heavy (non-hydrogen) atoms. The Bertz CT molecular complexity index is 438. The minimum absolute atomic E-state index is 0.0931. The summed E-state index contributed by atoms with van der Waals surface area (Å²) >= 11 is 0. The largest absolute Gasteiger partial charge is 0.494 e. The van der Waals surface area contributed by atoms with Crippen LogP contribution in [0.25, 0.3) is 0 Å². The van der Waals surface area contributed by atoms with E-state index in [2.05, 4.69) is 5.32 Å². The van der Waals surface area contributed by atoms with E-state index in [9.17, 15) is 4.79 Å². The van der Waals surface area contributed by atoms with Gasteiger partial charge in [0, 0.05) is 31.3 Å². The highest BCUT2D eigenvalue weighted by Crippen LogP contribution is 2.26. The predicted octanol–water partition coefficient (Wildman–Crippen LogP) is 0.920. The lowest BCUT2D eigenvalue weighted by molar-refractivity contribution is -0.116. The van der Waals surface area contributed by atoms with Crippen LogP contribution in [0.15, 0.2) is 18.2 Å². The second-order valence-corrected chi connectivity index (χ2v) is 4.42. The standard InChI is InChI=1S/C14H23N3O3/c1-3-17(8-9-18)7-6-14(19)16-12-5-4-11(15)10-13(12)20-2/h4-5,10,18H,3,6-9,15H2,1-2H3,(H,16,19). The molecule has 0 atom stereocenters. The first-order valence-corrected chi connectivity index (χ1v) is 6.67. The molecular formula is C14H23N3O3. The van der Waals surface area contributed by atoms with Crippen LogP contribution in [0.2, 0.25) is 0 Å². The summed E-state index contributed by atoms with van der Waals surface area (Å²) in [6, 6.07) is 5.10. The second kappa shape index (κ2) is 8.39. The lowest BCUT2D eigenvalue weighted by Gasteiger charge is -2.18. The monoisotopic (exact) mass is 281 g/mol. The lowest BCUT2D eigenvalue weighted by Crippen LogP contribution is -2.30. The molecule has 1 rings (SSSR count). The lowest BCUT2D eigenvalue weighted by atomic mass is 10.2. The number of nitrogens with one attached hydrogen (secondary N) is 1. The minimum Gasteiger partial charge on any atom is -0.494 e. The number of nitrogens with two attached hydrogens (primary N) is 1. The molecule has 0 saturated carbocycles. The SMILES string of the molecule is CCN(CCO)CCC(=O)Nc1ccc(N)cc1OC. The highest BCUT2D eigenvalue weighted by atomic mass is 16.5. The van der Waals surface area contributed by atoms with Gasteiger partial charge in [0.2, 0.25) is 5.91 Å². The van der Waals surface area contributed by atoms with Gasteiger partial charge in [-0.1, -0.05) is 6.92 Å². The molecule has 1 amide bonds. The molecule has 0 aliphatic carbocycles. The topological polar surface area (TPSA) is 87.8 Å². The summed E-state index contributed by atoms with van der Waals surface area (Å²) in [4.78, 5) is 13.9. The zero-order chi connectivity index (χ0) is 15.0. The number of hydrogen-bond donors (Lipinski definition) is 3. The number of aliphatic hydroxyl groups is 1. The fraction of sp³-hybridized carbons (Fsp3) is 0.500. The summed E-state index contributed by atoms with van der Waals surface area (Å²) < 4.78 is 5.17. The average Bonchev–Trinajstić information content (AvgIpc) is 2.45. The highest BCUT2D eigenvalue weighted by Gasteiger charge is 2.09. The molecule has 6 heteroatoms. The van der Waals surface area contributed by atoms with E-state index in [0.717, 1.165) is 6.54 Å². The van der Waals surface area contributed by atoms with Crippen LogP contribution >= 0.6 is 0 Å². The molecule has 4 N–H and O–H groups in total. The summed E-state index contributed by atoms with van der Waals surface area (Å²) in [6.07, 6.45) is 0.362. The Morgan fingerprint density at radius 1 is 1.45 bits per heavy atom. The third kappa shape index (κ3) is 5.07. The van der Waals surface area contributed by atoms with E-state index in [4.69, 9.17) is 15.6 Å². The van der Waals surface area contributed by atoms with Gasteiger partial charge < -0.3 is 25.8 Å². The molecule has 0 radical (unpaired) electrons. The smallest absolute Gasteiger partial charge is 0.225 e. The van der Waals surface area contributed by atoms with Crippen molar-refractivity contribution in [1.29, 1.82) is 0 Å². The van der Waals surface area contributed by atoms with Gasteiger partial charge in [0.25, 0.3) is 0 Å². The molecule has 1 aromatic carbocycles. The number of hydrogen-bond acceptors (Lipinski definition) is 5. The fourth-order valence-corrected chi connectivity index (χ4v) is 1.85. The number of anilines is 2. The van der Waals surface area contributed by atoms with E-state index in [1.807, 2.05) is 11.8 Å². The van der Waals surface area contributed by atoms with Gasteiger partial charge in [-0.3, -0.25) is 4.79 Å². The minimum atomic E-state index is -0.0931. The normalized spacial score (nSPS) is 10.6. The van der Waals surface area contributed by atoms with Crippen molar-refractivity contribution < 1.29 is 14.6 Å². The number of carbonyl (C=O) groups is 1. The number of nitrogens with zero attached hydrogens (tertiary/aromatic N) is 1. The Labute approximate surface area is 119 Å². The van der Waals surface area contributed by atoms with Crippen LogP contribution in [0.5, 0.6) is 5.75 Å². The fourth-order valence-electron chi connectivity index (χ4n) is 1.85. The van der Waals surface area contributed by atoms with Gasteiger partial charge in [-0.2, -0.15) is 0 Å². The van der Waals surface area contributed by atoms with Crippen molar-refractivity contribution in [2.75, 3.05) is 44.4 Å². The van der Waals surface area contributed by atoms with Gasteiger partial charge >= 0.3 is 0 Å². The van der Waals surface area contributed by atoms with Crippen LogP contribution in [0.4, 0.5) is 11.4 Å². The highest BCUT2D eigenvalue weighted by molar-refractivity contribution is 5.92. The number of aliphatic hydroxyl groups excluding tert-OH is 1. The quantitative estimate of drug-likeness (QED) is 0.617. The van der Waals surface area contributed by atoms with E-state index in [0.29, 0.717) is 36.6 Å². The van der Waals surface area contributed by atoms with Crippen molar-refractivity contribution in [3.8, 4) is 5.75 Å². The molecule has 0 spiro atoms. The van der Waals surface area contributed by atoms with Crippen molar-refractivity contribution in [3.63, 3.8) is 0 Å². The number of nitrogen functional groups attached to an aromatic ring is 1. The van der Waals surface area contributed by atoms with Crippen molar-refractivity contribution in [3.05, 3.63) is 18.2 Å². The number of benzene rings is 1. The Hall–Kier alpha value is -1.79. The number of rotatable bonds is 8. The Morgan fingerprint density at radius 2 is 2.20 bits per heavy atom. The zero-order valence-corrected chi connectivity index (χ0v) is 12.1. The van der Waals surface area contributed by atoms with Gasteiger partial charge in [0.05, 0.1) is 19.4 Å². The van der Waals surface area contributed by atoms with Crippen LogP contribution in [0.3, 0.4) is 0 Å². The first-order valence-electron chi connectivity index (χ1n) is 6.67. The Morgan fingerprint density at radius 3 is 2.80 bits per heavy atom. The van der Waals surface area contributed by atoms with Crippen molar-refractivity contribution in [2.24, 2.45) is 0 Å². The average molecular weight is 281 g/mol.